The van der Waals surface area contributed by atoms with Crippen LogP contribution in [0.2, 0.25) is 0 Å². The lowest BCUT2D eigenvalue weighted by Gasteiger charge is -2.23. The number of amides is 2. The van der Waals surface area contributed by atoms with Gasteiger partial charge >= 0.3 is 5.97 Å². The Morgan fingerprint density at radius 1 is 1.22 bits per heavy atom. The minimum absolute atomic E-state index is 0.147. The molecule has 2 atom stereocenters. The number of rotatable bonds is 6. The van der Waals surface area contributed by atoms with Gasteiger partial charge in [-0.1, -0.05) is 13.8 Å². The van der Waals surface area contributed by atoms with Crippen LogP contribution in [0, 0.1) is 5.92 Å². The molecule has 0 aliphatic carbocycles. The van der Waals surface area contributed by atoms with E-state index in [-0.39, 0.29) is 11.8 Å². The highest BCUT2D eigenvalue weighted by Crippen LogP contribution is 2.02. The zero-order valence-corrected chi connectivity index (χ0v) is 11.0. The maximum atomic E-state index is 11.9. The minimum Gasteiger partial charge on any atom is -0.467 e. The predicted molar refractivity (Wildman–Crippen MR) is 63.5 cm³/mol. The summed E-state index contributed by atoms with van der Waals surface area (Å²) >= 11 is 0. The molecule has 0 rings (SSSR count). The molecule has 0 heterocycles. The van der Waals surface area contributed by atoms with E-state index in [0.717, 1.165) is 7.11 Å². The molecule has 0 aliphatic rings. The van der Waals surface area contributed by atoms with Gasteiger partial charge in [0, 0.05) is 6.92 Å². The van der Waals surface area contributed by atoms with Gasteiger partial charge in [0.05, 0.1) is 13.7 Å². The molecule has 7 heteroatoms. The van der Waals surface area contributed by atoms with E-state index in [1.165, 1.54) is 6.92 Å². The molecule has 104 valence electrons. The third kappa shape index (κ3) is 5.13. The van der Waals surface area contributed by atoms with E-state index >= 15 is 0 Å². The molecule has 0 bridgehead atoms. The first-order valence-electron chi connectivity index (χ1n) is 5.59. The third-order valence-electron chi connectivity index (χ3n) is 2.29. The fourth-order valence-electron chi connectivity index (χ4n) is 1.34. The largest absolute Gasteiger partial charge is 0.467 e. The molecule has 0 fully saturated rings. The third-order valence-corrected chi connectivity index (χ3v) is 2.29. The van der Waals surface area contributed by atoms with Gasteiger partial charge in [-0.3, -0.25) is 9.59 Å². The standard InChI is InChI=1S/C11H20N2O5/c1-6(2)9(12-7(3)15)10(16)13-8(5-14)11(17)18-4/h6,8-9,14H,5H2,1-4H3,(H,12,15)(H,13,16). The molecular weight excluding hydrogens is 240 g/mol. The Morgan fingerprint density at radius 2 is 1.78 bits per heavy atom. The summed E-state index contributed by atoms with van der Waals surface area (Å²) in [5, 5.41) is 13.8. The number of hydrogen-bond acceptors (Lipinski definition) is 5. The molecule has 0 aliphatic heterocycles. The summed E-state index contributed by atoms with van der Waals surface area (Å²) in [6.07, 6.45) is 0. The Labute approximate surface area is 106 Å². The summed E-state index contributed by atoms with van der Waals surface area (Å²) in [7, 11) is 1.16. The van der Waals surface area contributed by atoms with Gasteiger partial charge in [0.2, 0.25) is 11.8 Å². The molecule has 0 spiro atoms. The Kier molecular flexibility index (Phi) is 6.96. The Balaban J connectivity index is 4.67. The SMILES string of the molecule is COC(=O)C(CO)NC(=O)C(NC(C)=O)C(C)C. The molecule has 3 N–H and O–H groups in total. The Morgan fingerprint density at radius 3 is 2.11 bits per heavy atom. The molecule has 0 radical (unpaired) electrons. The van der Waals surface area contributed by atoms with Crippen molar-refractivity contribution in [3.8, 4) is 0 Å². The second-order valence-corrected chi connectivity index (χ2v) is 4.19. The van der Waals surface area contributed by atoms with Gasteiger partial charge in [0.15, 0.2) is 6.04 Å². The second kappa shape index (κ2) is 7.65. The lowest BCUT2D eigenvalue weighted by atomic mass is 10.0. The number of aliphatic hydroxyl groups excluding tert-OH is 1. The molecule has 0 saturated carbocycles. The monoisotopic (exact) mass is 260 g/mol. The Hall–Kier alpha value is -1.63. The van der Waals surface area contributed by atoms with Crippen molar-refractivity contribution < 1.29 is 24.2 Å². The van der Waals surface area contributed by atoms with Crippen molar-refractivity contribution >= 4 is 17.8 Å². The van der Waals surface area contributed by atoms with Crippen LogP contribution in [0.15, 0.2) is 0 Å². The summed E-state index contributed by atoms with van der Waals surface area (Å²) in [4.78, 5) is 34.1. The van der Waals surface area contributed by atoms with E-state index < -0.39 is 30.6 Å². The van der Waals surface area contributed by atoms with Gasteiger partial charge in [-0.25, -0.2) is 4.79 Å². The van der Waals surface area contributed by atoms with Crippen LogP contribution >= 0.6 is 0 Å². The maximum absolute atomic E-state index is 11.9. The van der Waals surface area contributed by atoms with Crippen molar-refractivity contribution in [1.82, 2.24) is 10.6 Å². The second-order valence-electron chi connectivity index (χ2n) is 4.19. The van der Waals surface area contributed by atoms with Crippen molar-refractivity contribution in [2.24, 2.45) is 5.92 Å². The summed E-state index contributed by atoms with van der Waals surface area (Å²) < 4.78 is 4.42. The van der Waals surface area contributed by atoms with Crippen molar-refractivity contribution in [2.45, 2.75) is 32.9 Å². The van der Waals surface area contributed by atoms with Gasteiger partial charge in [-0.15, -0.1) is 0 Å². The van der Waals surface area contributed by atoms with E-state index in [2.05, 4.69) is 15.4 Å². The number of methoxy groups -OCH3 is 1. The van der Waals surface area contributed by atoms with E-state index in [4.69, 9.17) is 5.11 Å². The average molecular weight is 260 g/mol. The normalized spacial score (nSPS) is 13.7. The van der Waals surface area contributed by atoms with Crippen LogP contribution in [0.25, 0.3) is 0 Å². The summed E-state index contributed by atoms with van der Waals surface area (Å²) in [5.74, 6) is -1.77. The van der Waals surface area contributed by atoms with Crippen LogP contribution in [-0.2, 0) is 19.1 Å². The van der Waals surface area contributed by atoms with Crippen molar-refractivity contribution in [3.63, 3.8) is 0 Å². The van der Waals surface area contributed by atoms with Gasteiger partial charge in [0.25, 0.3) is 0 Å². The molecule has 2 unspecified atom stereocenters. The quantitative estimate of drug-likeness (QED) is 0.520. The van der Waals surface area contributed by atoms with Gasteiger partial charge < -0.3 is 20.5 Å². The van der Waals surface area contributed by atoms with Crippen LogP contribution in [-0.4, -0.2) is 48.7 Å². The van der Waals surface area contributed by atoms with E-state index in [0.29, 0.717) is 0 Å². The molecule has 2 amide bonds. The van der Waals surface area contributed by atoms with Crippen LogP contribution in [0.4, 0.5) is 0 Å². The first kappa shape index (κ1) is 16.4. The lowest BCUT2D eigenvalue weighted by Crippen LogP contribution is -2.54. The Bertz CT molecular complexity index is 317. The molecular formula is C11H20N2O5. The zero-order chi connectivity index (χ0) is 14.3. The fraction of sp³-hybridized carbons (Fsp3) is 0.727. The highest BCUT2D eigenvalue weighted by Gasteiger charge is 2.27. The summed E-state index contributed by atoms with van der Waals surface area (Å²) in [5.41, 5.74) is 0. The van der Waals surface area contributed by atoms with Crippen molar-refractivity contribution in [2.75, 3.05) is 13.7 Å². The van der Waals surface area contributed by atoms with Crippen LogP contribution in [0.3, 0.4) is 0 Å². The molecule has 0 aromatic carbocycles. The summed E-state index contributed by atoms with van der Waals surface area (Å²) in [6, 6.07) is -1.89. The number of nitrogens with one attached hydrogen (secondary N) is 2. The number of carbonyl (C=O) groups is 3. The maximum Gasteiger partial charge on any atom is 0.330 e. The minimum atomic E-state index is -1.13. The van der Waals surface area contributed by atoms with Crippen LogP contribution in [0.1, 0.15) is 20.8 Å². The smallest absolute Gasteiger partial charge is 0.330 e. The molecule has 0 saturated heterocycles. The predicted octanol–water partition coefficient (Wildman–Crippen LogP) is -1.20. The highest BCUT2D eigenvalue weighted by molar-refractivity contribution is 5.90. The molecule has 18 heavy (non-hydrogen) atoms. The van der Waals surface area contributed by atoms with Gasteiger partial charge in [-0.05, 0) is 5.92 Å². The molecule has 7 nitrogen and oxygen atoms in total. The average Bonchev–Trinajstić information content (AvgIpc) is 2.31. The van der Waals surface area contributed by atoms with Crippen LogP contribution < -0.4 is 10.6 Å². The topological polar surface area (TPSA) is 105 Å². The van der Waals surface area contributed by atoms with E-state index in [9.17, 15) is 14.4 Å². The molecule has 0 aromatic heterocycles. The van der Waals surface area contributed by atoms with Crippen molar-refractivity contribution in [1.29, 1.82) is 0 Å². The summed E-state index contributed by atoms with van der Waals surface area (Å²) in [6.45, 7) is 4.24. The highest BCUT2D eigenvalue weighted by atomic mass is 16.5. The van der Waals surface area contributed by atoms with Gasteiger partial charge in [-0.2, -0.15) is 0 Å². The van der Waals surface area contributed by atoms with Crippen molar-refractivity contribution in [3.05, 3.63) is 0 Å². The number of esters is 1. The first-order chi connectivity index (χ1) is 8.33. The number of aliphatic hydroxyl groups is 1. The zero-order valence-electron chi connectivity index (χ0n) is 11.0. The lowest BCUT2D eigenvalue weighted by molar-refractivity contribution is -0.146. The fourth-order valence-corrected chi connectivity index (χ4v) is 1.34. The van der Waals surface area contributed by atoms with Crippen LogP contribution in [0.5, 0.6) is 0 Å². The number of carbonyl (C=O) groups excluding carboxylic acids is 3. The van der Waals surface area contributed by atoms with Gasteiger partial charge in [0.1, 0.15) is 6.04 Å². The number of hydrogen-bond donors (Lipinski definition) is 3. The van der Waals surface area contributed by atoms with E-state index in [1.54, 1.807) is 13.8 Å². The first-order valence-corrected chi connectivity index (χ1v) is 5.59. The van der Waals surface area contributed by atoms with E-state index in [1.807, 2.05) is 0 Å². The number of ether oxygens (including phenoxy) is 1. The molecule has 0 aromatic rings.